The molecule has 2 rings (SSSR count). The maximum absolute atomic E-state index is 5.52. The molecule has 0 heterocycles. The smallest absolute Gasteiger partial charge is 0.0561 e. The van der Waals surface area contributed by atoms with Gasteiger partial charge in [0.2, 0.25) is 0 Å². The minimum absolute atomic E-state index is 0.103. The highest BCUT2D eigenvalue weighted by Crippen LogP contribution is 2.47. The van der Waals surface area contributed by atoms with Crippen molar-refractivity contribution in [2.75, 3.05) is 0 Å². The van der Waals surface area contributed by atoms with E-state index in [0.29, 0.717) is 0 Å². The molecule has 1 aliphatic carbocycles. The summed E-state index contributed by atoms with van der Waals surface area (Å²) in [5.74, 6) is 2.91. The molecule has 0 aliphatic heterocycles. The first kappa shape index (κ1) is 8.38. The van der Waals surface area contributed by atoms with Crippen LogP contribution >= 0.6 is 0 Å². The Kier molecular flexibility index (Phi) is 1.88. The van der Waals surface area contributed by atoms with Crippen LogP contribution in [0.5, 0.6) is 0 Å². The van der Waals surface area contributed by atoms with Crippen LogP contribution in [0.2, 0.25) is 0 Å². The maximum Gasteiger partial charge on any atom is 0.0561 e. The number of benzene rings is 1. The molecule has 0 nitrogen and oxygen atoms in total. The molecule has 1 aromatic carbocycles. The molecule has 1 aromatic rings. The Morgan fingerprint density at radius 1 is 1.31 bits per heavy atom. The van der Waals surface area contributed by atoms with Gasteiger partial charge in [0.05, 0.1) is 5.41 Å². The van der Waals surface area contributed by atoms with E-state index in [9.17, 15) is 0 Å². The van der Waals surface area contributed by atoms with Crippen LogP contribution in [0.25, 0.3) is 0 Å². The summed E-state index contributed by atoms with van der Waals surface area (Å²) in [6.45, 7) is 2.17. The molecule has 1 aliphatic rings. The Hall–Kier alpha value is -1.22. The van der Waals surface area contributed by atoms with E-state index in [1.807, 2.05) is 0 Å². The van der Waals surface area contributed by atoms with Gasteiger partial charge in [0.25, 0.3) is 0 Å². The fraction of sp³-hybridized carbons (Fsp3) is 0.385. The van der Waals surface area contributed by atoms with Gasteiger partial charge in [-0.15, -0.1) is 6.42 Å². The molecular formula is C13H14. The molecule has 0 amide bonds. The Labute approximate surface area is 80.0 Å². The highest BCUT2D eigenvalue weighted by Gasteiger charge is 2.42. The first-order valence-corrected chi connectivity index (χ1v) is 4.88. The second-order valence-electron chi connectivity index (χ2n) is 3.78. The van der Waals surface area contributed by atoms with Crippen LogP contribution in [0.15, 0.2) is 24.3 Å². The average molecular weight is 170 g/mol. The van der Waals surface area contributed by atoms with E-state index in [0.717, 1.165) is 19.3 Å². The molecular weight excluding hydrogens is 156 g/mol. The third-order valence-electron chi connectivity index (χ3n) is 2.94. The number of terminal acetylenes is 1. The molecule has 0 aromatic heterocycles. The van der Waals surface area contributed by atoms with Gasteiger partial charge in [0, 0.05) is 0 Å². The molecule has 0 spiro atoms. The van der Waals surface area contributed by atoms with Gasteiger partial charge in [-0.1, -0.05) is 37.1 Å². The van der Waals surface area contributed by atoms with Crippen molar-refractivity contribution in [3.05, 3.63) is 35.4 Å². The van der Waals surface area contributed by atoms with Crippen LogP contribution in [0.3, 0.4) is 0 Å². The van der Waals surface area contributed by atoms with E-state index in [1.165, 1.54) is 11.1 Å². The van der Waals surface area contributed by atoms with E-state index in [1.54, 1.807) is 0 Å². The highest BCUT2D eigenvalue weighted by atomic mass is 14.4. The molecule has 66 valence electrons. The second-order valence-corrected chi connectivity index (χ2v) is 3.78. The standard InChI is InChI=1S/C13H14/c1-3-11-5-7-12(8-6-11)13(4-2)9-10-13/h2,5-8H,3,9-10H2,1H3. The monoisotopic (exact) mass is 170 g/mol. The summed E-state index contributed by atoms with van der Waals surface area (Å²) < 4.78 is 0. The van der Waals surface area contributed by atoms with Gasteiger partial charge in [-0.05, 0) is 30.4 Å². The third kappa shape index (κ3) is 1.35. The molecule has 0 radical (unpaired) electrons. The van der Waals surface area contributed by atoms with Crippen LogP contribution in [-0.4, -0.2) is 0 Å². The fourth-order valence-electron chi connectivity index (χ4n) is 1.70. The first-order chi connectivity index (χ1) is 6.30. The highest BCUT2D eigenvalue weighted by molar-refractivity contribution is 5.41. The largest absolute Gasteiger partial charge is 0.119 e. The van der Waals surface area contributed by atoms with Gasteiger partial charge >= 0.3 is 0 Å². The van der Waals surface area contributed by atoms with Gasteiger partial charge in [-0.3, -0.25) is 0 Å². The van der Waals surface area contributed by atoms with Crippen molar-refractivity contribution < 1.29 is 0 Å². The fourth-order valence-corrected chi connectivity index (χ4v) is 1.70. The Bertz CT molecular complexity index is 333. The van der Waals surface area contributed by atoms with Crippen molar-refractivity contribution in [1.82, 2.24) is 0 Å². The second kappa shape index (κ2) is 2.92. The van der Waals surface area contributed by atoms with Crippen molar-refractivity contribution in [2.24, 2.45) is 0 Å². The van der Waals surface area contributed by atoms with Crippen molar-refractivity contribution in [2.45, 2.75) is 31.6 Å². The summed E-state index contributed by atoms with van der Waals surface area (Å²) in [4.78, 5) is 0. The zero-order chi connectivity index (χ0) is 9.31. The first-order valence-electron chi connectivity index (χ1n) is 4.88. The van der Waals surface area contributed by atoms with Crippen LogP contribution in [0.1, 0.15) is 30.9 Å². The Balaban J connectivity index is 2.29. The average Bonchev–Trinajstić information content (AvgIpc) is 2.99. The summed E-state index contributed by atoms with van der Waals surface area (Å²) in [6, 6.07) is 8.75. The predicted molar refractivity (Wildman–Crippen MR) is 55.6 cm³/mol. The molecule has 1 fully saturated rings. The molecule has 1 saturated carbocycles. The zero-order valence-electron chi connectivity index (χ0n) is 8.01. The van der Waals surface area contributed by atoms with E-state index in [2.05, 4.69) is 37.1 Å². The van der Waals surface area contributed by atoms with E-state index in [4.69, 9.17) is 6.42 Å². The lowest BCUT2D eigenvalue weighted by Gasteiger charge is -2.07. The summed E-state index contributed by atoms with van der Waals surface area (Å²) in [5, 5.41) is 0. The summed E-state index contributed by atoms with van der Waals surface area (Å²) in [7, 11) is 0. The Morgan fingerprint density at radius 3 is 2.31 bits per heavy atom. The normalized spacial score (nSPS) is 17.8. The van der Waals surface area contributed by atoms with E-state index < -0.39 is 0 Å². The molecule has 0 heteroatoms. The minimum atomic E-state index is 0.103. The molecule has 0 unspecified atom stereocenters. The lowest BCUT2D eigenvalue weighted by atomic mass is 9.96. The van der Waals surface area contributed by atoms with Crippen LogP contribution < -0.4 is 0 Å². The minimum Gasteiger partial charge on any atom is -0.119 e. The van der Waals surface area contributed by atoms with E-state index >= 15 is 0 Å². The van der Waals surface area contributed by atoms with Crippen molar-refractivity contribution in [3.63, 3.8) is 0 Å². The molecule has 0 bridgehead atoms. The van der Waals surface area contributed by atoms with Crippen LogP contribution in [-0.2, 0) is 11.8 Å². The third-order valence-corrected chi connectivity index (χ3v) is 2.94. The lowest BCUT2D eigenvalue weighted by molar-refractivity contribution is 0.927. The van der Waals surface area contributed by atoms with Crippen molar-refractivity contribution in [3.8, 4) is 12.3 Å². The van der Waals surface area contributed by atoms with Gasteiger partial charge in [0.15, 0.2) is 0 Å². The molecule has 13 heavy (non-hydrogen) atoms. The SMILES string of the molecule is C#CC1(c2ccc(CC)cc2)CC1. The molecule has 0 N–H and O–H groups in total. The maximum atomic E-state index is 5.52. The predicted octanol–water partition coefficient (Wildman–Crippen LogP) is 2.91. The van der Waals surface area contributed by atoms with Crippen molar-refractivity contribution >= 4 is 0 Å². The van der Waals surface area contributed by atoms with E-state index in [-0.39, 0.29) is 5.41 Å². The van der Waals surface area contributed by atoms with Crippen LogP contribution in [0, 0.1) is 12.3 Å². The van der Waals surface area contributed by atoms with Crippen LogP contribution in [0.4, 0.5) is 0 Å². The van der Waals surface area contributed by atoms with Crippen molar-refractivity contribution in [1.29, 1.82) is 0 Å². The zero-order valence-corrected chi connectivity index (χ0v) is 8.01. The lowest BCUT2D eigenvalue weighted by Crippen LogP contribution is -2.01. The van der Waals surface area contributed by atoms with Gasteiger partial charge < -0.3 is 0 Å². The summed E-state index contributed by atoms with van der Waals surface area (Å²) >= 11 is 0. The summed E-state index contributed by atoms with van der Waals surface area (Å²) in [6.07, 6.45) is 8.95. The molecule has 0 atom stereocenters. The topological polar surface area (TPSA) is 0 Å². The number of aryl methyl sites for hydroxylation is 1. The number of hydrogen-bond donors (Lipinski definition) is 0. The summed E-state index contributed by atoms with van der Waals surface area (Å²) in [5.41, 5.74) is 2.82. The number of hydrogen-bond acceptors (Lipinski definition) is 0. The van der Waals surface area contributed by atoms with Gasteiger partial charge in [0.1, 0.15) is 0 Å². The number of rotatable bonds is 2. The quantitative estimate of drug-likeness (QED) is 0.599. The Morgan fingerprint density at radius 2 is 1.92 bits per heavy atom. The van der Waals surface area contributed by atoms with Gasteiger partial charge in [-0.2, -0.15) is 0 Å². The van der Waals surface area contributed by atoms with Gasteiger partial charge in [-0.25, -0.2) is 0 Å². The molecule has 0 saturated heterocycles.